The number of rotatable bonds is 7. The summed E-state index contributed by atoms with van der Waals surface area (Å²) in [6, 6.07) is 8.93. The molecule has 1 aromatic rings. The van der Waals surface area contributed by atoms with E-state index in [1.54, 1.807) is 26.1 Å². The highest BCUT2D eigenvalue weighted by molar-refractivity contribution is 14.0. The lowest BCUT2D eigenvalue weighted by atomic mass is 9.88. The fourth-order valence-electron chi connectivity index (χ4n) is 2.88. The van der Waals surface area contributed by atoms with Gasteiger partial charge in [-0.05, 0) is 36.8 Å². The average Bonchev–Trinajstić information content (AvgIpc) is 2.62. The third kappa shape index (κ3) is 7.49. The van der Waals surface area contributed by atoms with Gasteiger partial charge in [0.05, 0.1) is 0 Å². The maximum atomic E-state index is 11.8. The van der Waals surface area contributed by atoms with Crippen LogP contribution in [0, 0.1) is 0 Å². The summed E-state index contributed by atoms with van der Waals surface area (Å²) in [5.74, 6) is 0.697. The molecule has 7 heteroatoms. The molecule has 0 heterocycles. The maximum Gasteiger partial charge on any atom is 0.243 e. The van der Waals surface area contributed by atoms with Crippen LogP contribution >= 0.6 is 24.0 Å². The zero-order valence-electron chi connectivity index (χ0n) is 16.0. The number of halogens is 1. The normalized spacial score (nSPS) is 16.3. The Morgan fingerprint density at radius 2 is 2.04 bits per heavy atom. The van der Waals surface area contributed by atoms with Gasteiger partial charge >= 0.3 is 0 Å². The number of guanidine groups is 1. The first-order valence-corrected chi connectivity index (χ1v) is 8.91. The monoisotopic (exact) mass is 474 g/mol. The first kappa shape index (κ1) is 22.7. The van der Waals surface area contributed by atoms with E-state index in [9.17, 15) is 4.79 Å². The van der Waals surface area contributed by atoms with Crippen LogP contribution in [-0.2, 0) is 22.4 Å². The summed E-state index contributed by atoms with van der Waals surface area (Å²) in [5, 5.41) is 6.80. The molecule has 146 valence electrons. The number of hydrogen-bond acceptors (Lipinski definition) is 3. The van der Waals surface area contributed by atoms with E-state index in [0.29, 0.717) is 18.6 Å². The summed E-state index contributed by atoms with van der Waals surface area (Å²) in [5.41, 5.74) is 2.84. The minimum Gasteiger partial charge on any atom is -0.385 e. The molecular weight excluding hydrogens is 443 g/mol. The highest BCUT2D eigenvalue weighted by atomic mass is 127. The van der Waals surface area contributed by atoms with Gasteiger partial charge in [0.25, 0.3) is 0 Å². The van der Waals surface area contributed by atoms with E-state index in [-0.39, 0.29) is 36.4 Å². The van der Waals surface area contributed by atoms with Crippen LogP contribution in [-0.4, -0.2) is 63.7 Å². The molecule has 26 heavy (non-hydrogen) atoms. The van der Waals surface area contributed by atoms with E-state index in [4.69, 9.17) is 4.74 Å². The summed E-state index contributed by atoms with van der Waals surface area (Å²) in [6.45, 7) is 1.61. The molecule has 1 aliphatic rings. The van der Waals surface area contributed by atoms with Gasteiger partial charge in [-0.1, -0.05) is 24.3 Å². The molecule has 6 nitrogen and oxygen atoms in total. The van der Waals surface area contributed by atoms with Crippen molar-refractivity contribution in [2.45, 2.75) is 31.7 Å². The van der Waals surface area contributed by atoms with Crippen LogP contribution in [0.1, 0.15) is 24.0 Å². The molecule has 1 aliphatic carbocycles. The van der Waals surface area contributed by atoms with Crippen LogP contribution in [0.15, 0.2) is 29.3 Å². The molecule has 0 aliphatic heterocycles. The molecule has 0 spiro atoms. The standard InChI is InChI=1S/C19H30N4O2.HI/c1-23(2)18(24)14-21-19(20-11-6-12-25-3)22-17-10-9-15-7-4-5-8-16(15)13-17;/h4-5,7-8,17H,6,9-14H2,1-3H3,(H2,20,21,22);1H. The zero-order chi connectivity index (χ0) is 18.1. The number of nitrogens with zero attached hydrogens (tertiary/aromatic N) is 2. The fourth-order valence-corrected chi connectivity index (χ4v) is 2.88. The topological polar surface area (TPSA) is 66.0 Å². The first-order valence-electron chi connectivity index (χ1n) is 8.91. The highest BCUT2D eigenvalue weighted by Crippen LogP contribution is 2.20. The quantitative estimate of drug-likeness (QED) is 0.274. The lowest BCUT2D eigenvalue weighted by molar-refractivity contribution is -0.127. The van der Waals surface area contributed by atoms with E-state index < -0.39 is 0 Å². The number of fused-ring (bicyclic) bond motifs is 1. The first-order chi connectivity index (χ1) is 12.1. The van der Waals surface area contributed by atoms with Gasteiger partial charge in [0.15, 0.2) is 5.96 Å². The molecule has 0 aromatic heterocycles. The Morgan fingerprint density at radius 1 is 1.31 bits per heavy atom. The predicted molar refractivity (Wildman–Crippen MR) is 116 cm³/mol. The minimum atomic E-state index is -0.00742. The number of carbonyl (C=O) groups excluding carboxylic acids is 1. The number of benzene rings is 1. The van der Waals surface area contributed by atoms with Crippen LogP contribution in [0.2, 0.25) is 0 Å². The van der Waals surface area contributed by atoms with E-state index >= 15 is 0 Å². The van der Waals surface area contributed by atoms with Crippen molar-refractivity contribution in [3.63, 3.8) is 0 Å². The van der Waals surface area contributed by atoms with Crippen molar-refractivity contribution >= 4 is 35.8 Å². The van der Waals surface area contributed by atoms with E-state index in [1.165, 1.54) is 11.1 Å². The van der Waals surface area contributed by atoms with Crippen molar-refractivity contribution in [3.8, 4) is 0 Å². The van der Waals surface area contributed by atoms with Crippen molar-refractivity contribution in [1.82, 2.24) is 15.5 Å². The van der Waals surface area contributed by atoms with Crippen LogP contribution < -0.4 is 10.6 Å². The van der Waals surface area contributed by atoms with Gasteiger partial charge in [-0.25, -0.2) is 4.99 Å². The van der Waals surface area contributed by atoms with Gasteiger partial charge in [0.1, 0.15) is 6.54 Å². The smallest absolute Gasteiger partial charge is 0.243 e. The zero-order valence-corrected chi connectivity index (χ0v) is 18.3. The summed E-state index contributed by atoms with van der Waals surface area (Å²) in [6.07, 6.45) is 4.02. The number of amides is 1. The molecule has 0 saturated carbocycles. The third-order valence-electron chi connectivity index (χ3n) is 4.38. The molecule has 0 radical (unpaired) electrons. The van der Waals surface area contributed by atoms with Gasteiger partial charge in [0, 0.05) is 40.4 Å². The van der Waals surface area contributed by atoms with Gasteiger partial charge in [-0.15, -0.1) is 24.0 Å². The number of aliphatic imine (C=N–C) groups is 1. The Morgan fingerprint density at radius 3 is 2.73 bits per heavy atom. The summed E-state index contributed by atoms with van der Waals surface area (Å²) < 4.78 is 5.08. The summed E-state index contributed by atoms with van der Waals surface area (Å²) in [4.78, 5) is 17.8. The Balaban J connectivity index is 0.00000338. The molecular formula is C19H31IN4O2. The molecule has 2 N–H and O–H groups in total. The predicted octanol–water partition coefficient (Wildman–Crippen LogP) is 1.82. The summed E-state index contributed by atoms with van der Waals surface area (Å²) in [7, 11) is 5.19. The van der Waals surface area contributed by atoms with Gasteiger partial charge in [-0.3, -0.25) is 4.79 Å². The van der Waals surface area contributed by atoms with Gasteiger partial charge in [0.2, 0.25) is 5.91 Å². The van der Waals surface area contributed by atoms with Crippen LogP contribution in [0.5, 0.6) is 0 Å². The molecule has 0 fully saturated rings. The Bertz CT molecular complexity index is 593. The number of methoxy groups -OCH3 is 1. The number of nitrogens with one attached hydrogen (secondary N) is 2. The van der Waals surface area contributed by atoms with Crippen molar-refractivity contribution in [2.24, 2.45) is 4.99 Å². The lowest BCUT2D eigenvalue weighted by Crippen LogP contribution is -2.46. The number of likely N-dealkylation sites (N-methyl/N-ethyl adjacent to an activating group) is 1. The highest BCUT2D eigenvalue weighted by Gasteiger charge is 2.19. The Labute approximate surface area is 173 Å². The van der Waals surface area contributed by atoms with Crippen LogP contribution in [0.4, 0.5) is 0 Å². The van der Waals surface area contributed by atoms with Crippen molar-refractivity contribution in [2.75, 3.05) is 40.9 Å². The SMILES string of the molecule is COCCCNC(=NCC(=O)N(C)C)NC1CCc2ccccc2C1.I. The number of carbonyl (C=O) groups is 1. The van der Waals surface area contributed by atoms with E-state index in [2.05, 4.69) is 39.9 Å². The molecule has 1 atom stereocenters. The van der Waals surface area contributed by atoms with Gasteiger partial charge in [-0.2, -0.15) is 0 Å². The number of aryl methyl sites for hydroxylation is 1. The fraction of sp³-hybridized carbons (Fsp3) is 0.579. The van der Waals surface area contributed by atoms with Crippen molar-refractivity contribution in [3.05, 3.63) is 35.4 Å². The second kappa shape index (κ2) is 12.1. The number of hydrogen-bond donors (Lipinski definition) is 2. The Kier molecular flexibility index (Phi) is 10.6. The van der Waals surface area contributed by atoms with Crippen LogP contribution in [0.25, 0.3) is 0 Å². The van der Waals surface area contributed by atoms with Crippen molar-refractivity contribution in [1.29, 1.82) is 0 Å². The molecule has 1 aromatic carbocycles. The second-order valence-electron chi connectivity index (χ2n) is 6.58. The van der Waals surface area contributed by atoms with E-state index in [1.807, 2.05) is 0 Å². The Hall–Kier alpha value is -1.35. The average molecular weight is 474 g/mol. The molecule has 2 rings (SSSR count). The summed E-state index contributed by atoms with van der Waals surface area (Å²) >= 11 is 0. The largest absolute Gasteiger partial charge is 0.385 e. The van der Waals surface area contributed by atoms with Crippen LogP contribution in [0.3, 0.4) is 0 Å². The van der Waals surface area contributed by atoms with Crippen molar-refractivity contribution < 1.29 is 9.53 Å². The molecule has 0 bridgehead atoms. The minimum absolute atomic E-state index is 0. The van der Waals surface area contributed by atoms with E-state index in [0.717, 1.165) is 32.2 Å². The van der Waals surface area contributed by atoms with Gasteiger partial charge < -0.3 is 20.3 Å². The second-order valence-corrected chi connectivity index (χ2v) is 6.58. The maximum absolute atomic E-state index is 11.8. The molecule has 1 unspecified atom stereocenters. The molecule has 0 saturated heterocycles. The third-order valence-corrected chi connectivity index (χ3v) is 4.38. The molecule has 1 amide bonds. The number of ether oxygens (including phenoxy) is 1. The lowest BCUT2D eigenvalue weighted by Gasteiger charge is -2.27.